The number of nitrogens with one attached hydrogen (secondary N) is 2. The van der Waals surface area contributed by atoms with Gasteiger partial charge in [-0.15, -0.1) is 11.3 Å². The highest BCUT2D eigenvalue weighted by Crippen LogP contribution is 2.34. The molecule has 1 aromatic rings. The van der Waals surface area contributed by atoms with Crippen LogP contribution in [-0.2, 0) is 0 Å². The summed E-state index contributed by atoms with van der Waals surface area (Å²) in [6, 6.07) is 1.25. The van der Waals surface area contributed by atoms with Crippen LogP contribution in [0.4, 0.5) is 5.69 Å². The second kappa shape index (κ2) is 5.79. The Morgan fingerprint density at radius 3 is 2.41 bits per heavy atom. The number of thiophene rings is 1. The molecule has 0 aliphatic carbocycles. The summed E-state index contributed by atoms with van der Waals surface area (Å²) in [5.74, 6) is -0.307. The monoisotopic (exact) mass is 345 g/mol. The topological polar surface area (TPSA) is 84.3 Å². The molecule has 2 rings (SSSR count). The average Bonchev–Trinajstić information content (AvgIpc) is 2.66. The maximum Gasteiger partial charge on any atom is 0.299 e. The van der Waals surface area contributed by atoms with Crippen LogP contribution in [0.3, 0.4) is 0 Å². The molecule has 1 aliphatic heterocycles. The number of nitrogens with zero attached hydrogens (tertiary/aromatic N) is 1. The molecule has 2 N–H and O–H groups in total. The zero-order chi connectivity index (χ0) is 16.7. The fourth-order valence-corrected chi connectivity index (χ4v) is 4.40. The molecule has 2 heterocycles. The molecule has 1 fully saturated rings. The van der Waals surface area contributed by atoms with Crippen molar-refractivity contribution in [2.75, 3.05) is 0 Å². The second-order valence-electron chi connectivity index (χ2n) is 7.00. The summed E-state index contributed by atoms with van der Waals surface area (Å²) in [6.07, 6.45) is 1.59. The minimum atomic E-state index is -0.577. The summed E-state index contributed by atoms with van der Waals surface area (Å²) in [6.45, 7) is 8.39. The molecule has 122 valence electrons. The molecule has 1 saturated heterocycles. The van der Waals surface area contributed by atoms with Crippen LogP contribution in [-0.4, -0.2) is 28.0 Å². The van der Waals surface area contributed by atoms with E-state index >= 15 is 0 Å². The Morgan fingerprint density at radius 2 is 1.95 bits per heavy atom. The van der Waals surface area contributed by atoms with E-state index in [-0.39, 0.29) is 37.9 Å². The first-order valence-electron chi connectivity index (χ1n) is 7.03. The van der Waals surface area contributed by atoms with E-state index in [4.69, 9.17) is 11.6 Å². The number of halogens is 1. The predicted octanol–water partition coefficient (Wildman–Crippen LogP) is 3.35. The third-order valence-corrected chi connectivity index (χ3v) is 4.95. The van der Waals surface area contributed by atoms with E-state index in [9.17, 15) is 14.9 Å². The maximum absolute atomic E-state index is 12.3. The third kappa shape index (κ3) is 3.97. The van der Waals surface area contributed by atoms with Gasteiger partial charge in [-0.2, -0.15) is 0 Å². The third-order valence-electron chi connectivity index (χ3n) is 3.61. The SMILES string of the molecule is CC1(C)CC(NC(=O)c2cc([N+](=O)[O-])c(Cl)s2)CC(C)(C)N1. The lowest BCUT2D eigenvalue weighted by atomic mass is 9.79. The molecular formula is C14H20ClN3O3S. The van der Waals surface area contributed by atoms with E-state index in [2.05, 4.69) is 38.3 Å². The first kappa shape index (κ1) is 17.2. The van der Waals surface area contributed by atoms with Crippen molar-refractivity contribution in [3.8, 4) is 0 Å². The molecule has 1 aromatic heterocycles. The molecule has 8 heteroatoms. The first-order valence-corrected chi connectivity index (χ1v) is 8.22. The Morgan fingerprint density at radius 1 is 1.41 bits per heavy atom. The largest absolute Gasteiger partial charge is 0.348 e. The van der Waals surface area contributed by atoms with Crippen molar-refractivity contribution in [3.63, 3.8) is 0 Å². The summed E-state index contributed by atoms with van der Waals surface area (Å²) in [7, 11) is 0. The zero-order valence-electron chi connectivity index (χ0n) is 13.0. The van der Waals surface area contributed by atoms with Crippen LogP contribution < -0.4 is 10.6 Å². The van der Waals surface area contributed by atoms with Crippen molar-refractivity contribution < 1.29 is 9.72 Å². The van der Waals surface area contributed by atoms with Gasteiger partial charge in [0.05, 0.1) is 4.92 Å². The van der Waals surface area contributed by atoms with E-state index in [1.807, 2.05) is 0 Å². The fourth-order valence-electron chi connectivity index (χ4n) is 3.28. The van der Waals surface area contributed by atoms with Gasteiger partial charge in [0.2, 0.25) is 0 Å². The van der Waals surface area contributed by atoms with Crippen LogP contribution in [0, 0.1) is 10.1 Å². The number of carbonyl (C=O) groups excluding carboxylic acids is 1. The molecule has 1 aliphatic rings. The van der Waals surface area contributed by atoms with Gasteiger partial charge in [-0.3, -0.25) is 14.9 Å². The number of rotatable bonds is 3. The van der Waals surface area contributed by atoms with Gasteiger partial charge in [-0.05, 0) is 40.5 Å². The zero-order valence-corrected chi connectivity index (χ0v) is 14.6. The van der Waals surface area contributed by atoms with E-state index in [1.165, 1.54) is 6.07 Å². The number of hydrogen-bond acceptors (Lipinski definition) is 5. The Labute approximate surface area is 138 Å². The smallest absolute Gasteiger partial charge is 0.299 e. The highest BCUT2D eigenvalue weighted by Gasteiger charge is 2.38. The van der Waals surface area contributed by atoms with Gasteiger partial charge in [0, 0.05) is 23.2 Å². The van der Waals surface area contributed by atoms with Crippen LogP contribution in [0.1, 0.15) is 50.2 Å². The standard InChI is InChI=1S/C14H20ClN3O3S/c1-13(2)6-8(7-14(3,4)17-13)16-12(19)10-5-9(18(20)21)11(15)22-10/h5,8,17H,6-7H2,1-4H3,(H,16,19). The number of amides is 1. The molecule has 6 nitrogen and oxygen atoms in total. The van der Waals surface area contributed by atoms with Gasteiger partial charge in [-0.1, -0.05) is 11.6 Å². The van der Waals surface area contributed by atoms with Crippen LogP contribution in [0.25, 0.3) is 0 Å². The lowest BCUT2D eigenvalue weighted by Gasteiger charge is -2.46. The highest BCUT2D eigenvalue weighted by atomic mass is 35.5. The molecule has 22 heavy (non-hydrogen) atoms. The van der Waals surface area contributed by atoms with Crippen LogP contribution in [0.15, 0.2) is 6.07 Å². The van der Waals surface area contributed by atoms with Gasteiger partial charge in [-0.25, -0.2) is 0 Å². The van der Waals surface area contributed by atoms with Crippen molar-refractivity contribution in [3.05, 3.63) is 25.4 Å². The normalized spacial score (nSPS) is 20.6. The molecular weight excluding hydrogens is 326 g/mol. The summed E-state index contributed by atoms with van der Waals surface area (Å²) >= 11 is 6.74. The lowest BCUT2D eigenvalue weighted by Crippen LogP contribution is -2.62. The van der Waals surface area contributed by atoms with Crippen LogP contribution in [0.2, 0.25) is 4.34 Å². The first-order chi connectivity index (χ1) is 9.99. The van der Waals surface area contributed by atoms with Crippen LogP contribution in [0.5, 0.6) is 0 Å². The average molecular weight is 346 g/mol. The minimum Gasteiger partial charge on any atom is -0.348 e. The lowest BCUT2D eigenvalue weighted by molar-refractivity contribution is -0.384. The van der Waals surface area contributed by atoms with Crippen LogP contribution >= 0.6 is 22.9 Å². The molecule has 0 bridgehead atoms. The number of hydrogen-bond donors (Lipinski definition) is 2. The summed E-state index contributed by atoms with van der Waals surface area (Å²) in [4.78, 5) is 22.8. The Kier molecular flexibility index (Phi) is 4.52. The molecule has 0 unspecified atom stereocenters. The minimum absolute atomic E-state index is 0.0127. The summed E-state index contributed by atoms with van der Waals surface area (Å²) in [5.41, 5.74) is -0.389. The number of nitro groups is 1. The molecule has 0 spiro atoms. The molecule has 0 radical (unpaired) electrons. The van der Waals surface area contributed by atoms with E-state index in [1.54, 1.807) is 0 Å². The van der Waals surface area contributed by atoms with Gasteiger partial charge in [0.1, 0.15) is 4.88 Å². The fraction of sp³-hybridized carbons (Fsp3) is 0.643. The van der Waals surface area contributed by atoms with Crippen molar-refractivity contribution in [1.82, 2.24) is 10.6 Å². The highest BCUT2D eigenvalue weighted by molar-refractivity contribution is 7.18. The van der Waals surface area contributed by atoms with E-state index in [0.717, 1.165) is 24.2 Å². The van der Waals surface area contributed by atoms with Crippen molar-refractivity contribution >= 4 is 34.5 Å². The summed E-state index contributed by atoms with van der Waals surface area (Å²) < 4.78 is 0.0288. The van der Waals surface area contributed by atoms with Gasteiger partial charge < -0.3 is 10.6 Å². The quantitative estimate of drug-likeness (QED) is 0.650. The van der Waals surface area contributed by atoms with Crippen molar-refractivity contribution in [2.45, 2.75) is 57.7 Å². The molecule has 0 aromatic carbocycles. The summed E-state index contributed by atoms with van der Waals surface area (Å²) in [5, 5.41) is 17.3. The van der Waals surface area contributed by atoms with E-state index < -0.39 is 4.92 Å². The maximum atomic E-state index is 12.3. The molecule has 0 atom stereocenters. The number of carbonyl (C=O) groups is 1. The Bertz CT molecular complexity index is 596. The van der Waals surface area contributed by atoms with Gasteiger partial charge in [0.25, 0.3) is 11.6 Å². The Hall–Kier alpha value is -1.18. The van der Waals surface area contributed by atoms with Gasteiger partial charge in [0.15, 0.2) is 4.34 Å². The van der Waals surface area contributed by atoms with Gasteiger partial charge >= 0.3 is 0 Å². The van der Waals surface area contributed by atoms with Crippen molar-refractivity contribution in [2.24, 2.45) is 0 Å². The second-order valence-corrected chi connectivity index (χ2v) is 8.65. The predicted molar refractivity (Wildman–Crippen MR) is 87.8 cm³/mol. The molecule has 0 saturated carbocycles. The molecule has 1 amide bonds. The Balaban J connectivity index is 2.11. The van der Waals surface area contributed by atoms with E-state index in [0.29, 0.717) is 0 Å². The van der Waals surface area contributed by atoms with Crippen molar-refractivity contribution in [1.29, 1.82) is 0 Å². The number of piperidine rings is 1.